The van der Waals surface area contributed by atoms with Crippen molar-refractivity contribution in [3.63, 3.8) is 0 Å². The number of nitrogens with one attached hydrogen (secondary N) is 2. The van der Waals surface area contributed by atoms with Crippen LogP contribution in [-0.4, -0.2) is 54.0 Å². The third-order valence-corrected chi connectivity index (χ3v) is 4.24. The molecule has 0 saturated heterocycles. The normalized spacial score (nSPS) is 11.1. The van der Waals surface area contributed by atoms with Gasteiger partial charge in [0.2, 0.25) is 5.82 Å². The van der Waals surface area contributed by atoms with E-state index in [0.717, 1.165) is 5.69 Å². The molecule has 1 unspecified atom stereocenters. The zero-order valence-corrected chi connectivity index (χ0v) is 17.2. The predicted octanol–water partition coefficient (Wildman–Crippen LogP) is 3.34. The number of rotatable bonds is 9. The lowest BCUT2D eigenvalue weighted by atomic mass is 10.2. The number of hydrogen-bond acceptors (Lipinski definition) is 9. The van der Waals surface area contributed by atoms with E-state index in [4.69, 9.17) is 22.1 Å². The summed E-state index contributed by atoms with van der Waals surface area (Å²) in [6.45, 7) is 2.01. The molecule has 0 spiro atoms. The molecule has 0 fully saturated rings. The number of aliphatic hydroxyl groups excluding tert-OH is 1. The number of likely N-dealkylation sites (N-methyl/N-ethyl adjacent to an activating group) is 1. The molecule has 2 rings (SSSR count). The molecule has 11 nitrogen and oxygen atoms in total. The van der Waals surface area contributed by atoms with E-state index < -0.39 is 22.8 Å². The molecule has 1 heterocycles. The van der Waals surface area contributed by atoms with Crippen LogP contribution in [0.2, 0.25) is 5.02 Å². The molecule has 12 heteroatoms. The number of nitrogens with zero attached hydrogens (tertiary/aromatic N) is 3. The molecule has 1 aromatic carbocycles. The Labute approximate surface area is 185 Å². The lowest BCUT2D eigenvalue weighted by Gasteiger charge is -2.23. The first kappa shape index (κ1) is 25.7. The Kier molecular flexibility index (Phi) is 9.77. The van der Waals surface area contributed by atoms with Crippen LogP contribution < -0.4 is 21.3 Å². The highest BCUT2D eigenvalue weighted by atomic mass is 35.5. The molecule has 0 aliphatic carbocycles. The van der Waals surface area contributed by atoms with Gasteiger partial charge < -0.3 is 25.8 Å². The molecule has 1 amide bonds. The van der Waals surface area contributed by atoms with Gasteiger partial charge in [-0.3, -0.25) is 15.4 Å². The average Bonchev–Trinajstić information content (AvgIpc) is 2.66. The lowest BCUT2D eigenvalue weighted by Crippen LogP contribution is -2.33. The monoisotopic (exact) mass is 454 g/mol. The number of hydrogen-bond donors (Lipinski definition) is 4. The smallest absolute Gasteiger partial charge is 0.412 e. The molecular weight excluding hydrogens is 428 g/mol. The van der Waals surface area contributed by atoms with Gasteiger partial charge in [0.15, 0.2) is 0 Å². The standard InChI is InChI=1S/C18H23ClN6O5.CH4/c1-3-30-18(27)23-15-8-14(16(25(28)29)17(20)22-15)21-9-13(26)10-24(2)12-6-4-11(19)5-7-12;/h4-8,13,26H,3,9-10H2,1-2H3,(H4,20,21,22,23,27);1H4. The average molecular weight is 455 g/mol. The SMILES string of the molecule is C.CCOC(=O)Nc1cc(NCC(O)CN(C)c2ccc(Cl)cc2)c([N+](=O)[O-])c(N)n1. The lowest BCUT2D eigenvalue weighted by molar-refractivity contribution is -0.383. The fourth-order valence-corrected chi connectivity index (χ4v) is 2.76. The third-order valence-electron chi connectivity index (χ3n) is 3.99. The Morgan fingerprint density at radius 1 is 1.42 bits per heavy atom. The first-order valence-corrected chi connectivity index (χ1v) is 9.36. The van der Waals surface area contributed by atoms with Gasteiger partial charge in [0.1, 0.15) is 11.5 Å². The van der Waals surface area contributed by atoms with E-state index in [1.54, 1.807) is 26.1 Å². The summed E-state index contributed by atoms with van der Waals surface area (Å²) in [7, 11) is 1.79. The summed E-state index contributed by atoms with van der Waals surface area (Å²) in [5.74, 6) is -0.406. The number of anilines is 4. The largest absolute Gasteiger partial charge is 0.450 e. The van der Waals surface area contributed by atoms with E-state index in [9.17, 15) is 20.0 Å². The third kappa shape index (κ3) is 7.46. The van der Waals surface area contributed by atoms with Gasteiger partial charge in [-0.25, -0.2) is 9.78 Å². The number of aliphatic hydroxyl groups is 1. The fourth-order valence-electron chi connectivity index (χ4n) is 2.63. The minimum atomic E-state index is -0.874. The van der Waals surface area contributed by atoms with Crippen molar-refractivity contribution in [1.82, 2.24) is 4.98 Å². The van der Waals surface area contributed by atoms with E-state index in [2.05, 4.69) is 15.6 Å². The molecular formula is C19H27ClN6O5. The summed E-state index contributed by atoms with van der Waals surface area (Å²) in [4.78, 5) is 27.9. The summed E-state index contributed by atoms with van der Waals surface area (Å²) in [6.07, 6.45) is -1.64. The summed E-state index contributed by atoms with van der Waals surface area (Å²) in [5, 5.41) is 27.4. The molecule has 1 atom stereocenters. The zero-order chi connectivity index (χ0) is 22.3. The van der Waals surface area contributed by atoms with E-state index >= 15 is 0 Å². The number of pyridine rings is 1. The summed E-state index contributed by atoms with van der Waals surface area (Å²) >= 11 is 5.87. The highest BCUT2D eigenvalue weighted by Crippen LogP contribution is 2.32. The van der Waals surface area contributed by atoms with Crippen molar-refractivity contribution in [2.45, 2.75) is 20.5 Å². The highest BCUT2D eigenvalue weighted by Gasteiger charge is 2.23. The van der Waals surface area contributed by atoms with Crippen molar-refractivity contribution >= 4 is 46.4 Å². The Morgan fingerprint density at radius 2 is 2.06 bits per heavy atom. The topological polar surface area (TPSA) is 156 Å². The van der Waals surface area contributed by atoms with Crippen LogP contribution >= 0.6 is 11.6 Å². The Bertz CT molecular complexity index is 896. The number of nitro groups is 1. The number of amides is 1. The summed E-state index contributed by atoms with van der Waals surface area (Å²) in [6, 6.07) is 8.34. The number of benzene rings is 1. The first-order valence-electron chi connectivity index (χ1n) is 8.98. The van der Waals surface area contributed by atoms with Crippen molar-refractivity contribution in [3.8, 4) is 0 Å². The molecule has 0 saturated carbocycles. The van der Waals surface area contributed by atoms with Gasteiger partial charge in [-0.15, -0.1) is 0 Å². The molecule has 0 aliphatic rings. The molecule has 0 bridgehead atoms. The zero-order valence-electron chi connectivity index (χ0n) is 16.5. The highest BCUT2D eigenvalue weighted by molar-refractivity contribution is 6.30. The van der Waals surface area contributed by atoms with Gasteiger partial charge in [0.25, 0.3) is 0 Å². The Hall–Kier alpha value is -3.31. The van der Waals surface area contributed by atoms with Gasteiger partial charge in [0.05, 0.1) is 17.6 Å². The van der Waals surface area contributed by atoms with Crippen molar-refractivity contribution in [2.75, 3.05) is 48.0 Å². The van der Waals surface area contributed by atoms with Gasteiger partial charge >= 0.3 is 11.8 Å². The van der Waals surface area contributed by atoms with Crippen molar-refractivity contribution in [1.29, 1.82) is 0 Å². The maximum atomic E-state index is 11.6. The molecule has 0 aliphatic heterocycles. The number of carbonyl (C=O) groups is 1. The number of aromatic nitrogens is 1. The minimum absolute atomic E-state index is 0. The molecule has 0 radical (unpaired) electrons. The fraction of sp³-hybridized carbons (Fsp3) is 0.368. The van der Waals surface area contributed by atoms with Crippen LogP contribution in [0.5, 0.6) is 0 Å². The second kappa shape index (κ2) is 11.8. The van der Waals surface area contributed by atoms with Crippen molar-refractivity contribution < 1.29 is 19.6 Å². The summed E-state index contributed by atoms with van der Waals surface area (Å²) < 4.78 is 4.76. The molecule has 5 N–H and O–H groups in total. The maximum absolute atomic E-state index is 11.6. The van der Waals surface area contributed by atoms with Gasteiger partial charge in [-0.1, -0.05) is 19.0 Å². The molecule has 31 heavy (non-hydrogen) atoms. The van der Waals surface area contributed by atoms with Crippen LogP contribution in [0.3, 0.4) is 0 Å². The molecule has 2 aromatic rings. The summed E-state index contributed by atoms with van der Waals surface area (Å²) in [5.41, 5.74) is 6.08. The van der Waals surface area contributed by atoms with Gasteiger partial charge in [-0.2, -0.15) is 0 Å². The predicted molar refractivity (Wildman–Crippen MR) is 122 cm³/mol. The van der Waals surface area contributed by atoms with Crippen LogP contribution in [0.15, 0.2) is 30.3 Å². The second-order valence-corrected chi connectivity index (χ2v) is 6.72. The number of nitrogen functional groups attached to an aromatic ring is 1. The van der Waals surface area contributed by atoms with Crippen LogP contribution in [-0.2, 0) is 4.74 Å². The van der Waals surface area contributed by atoms with Crippen molar-refractivity contribution in [2.24, 2.45) is 0 Å². The van der Waals surface area contributed by atoms with E-state index in [1.165, 1.54) is 6.07 Å². The molecule has 1 aromatic heterocycles. The van der Waals surface area contributed by atoms with Crippen LogP contribution in [0, 0.1) is 10.1 Å². The second-order valence-electron chi connectivity index (χ2n) is 6.28. The van der Waals surface area contributed by atoms with Crippen LogP contribution in [0.25, 0.3) is 0 Å². The van der Waals surface area contributed by atoms with Crippen LogP contribution in [0.1, 0.15) is 14.4 Å². The maximum Gasteiger partial charge on any atom is 0.412 e. The molecule has 170 valence electrons. The van der Waals surface area contributed by atoms with Crippen LogP contribution in [0.4, 0.5) is 33.5 Å². The number of carbonyl (C=O) groups excluding carboxylic acids is 1. The minimum Gasteiger partial charge on any atom is -0.450 e. The quantitative estimate of drug-likeness (QED) is 0.329. The van der Waals surface area contributed by atoms with E-state index in [1.807, 2.05) is 17.0 Å². The van der Waals surface area contributed by atoms with E-state index in [-0.39, 0.29) is 44.4 Å². The van der Waals surface area contributed by atoms with Gasteiger partial charge in [0, 0.05) is 36.9 Å². The number of halogens is 1. The van der Waals surface area contributed by atoms with Gasteiger partial charge in [-0.05, 0) is 31.2 Å². The first-order chi connectivity index (χ1) is 14.2. The van der Waals surface area contributed by atoms with E-state index in [0.29, 0.717) is 5.02 Å². The van der Waals surface area contributed by atoms with Crippen molar-refractivity contribution in [3.05, 3.63) is 45.5 Å². The number of nitrogens with two attached hydrogens (primary N) is 1. The Balaban J connectivity index is 0.00000480. The number of ether oxygens (including phenoxy) is 1. The Morgan fingerprint density at radius 3 is 2.65 bits per heavy atom.